The van der Waals surface area contributed by atoms with Crippen molar-refractivity contribution in [3.63, 3.8) is 0 Å². The summed E-state index contributed by atoms with van der Waals surface area (Å²) in [6.45, 7) is 2.89. The number of phenols is 1. The van der Waals surface area contributed by atoms with Crippen molar-refractivity contribution in [2.45, 2.75) is 20.0 Å². The van der Waals surface area contributed by atoms with E-state index in [0.29, 0.717) is 21.3 Å². The molecule has 1 aliphatic heterocycles. The van der Waals surface area contributed by atoms with Gasteiger partial charge in [-0.1, -0.05) is 11.6 Å². The number of esters is 1. The first-order valence-corrected chi connectivity index (χ1v) is 8.80. The van der Waals surface area contributed by atoms with Crippen LogP contribution in [0.1, 0.15) is 19.4 Å². The number of hydrogen-bond acceptors (Lipinski definition) is 6. The van der Waals surface area contributed by atoms with E-state index in [1.54, 1.807) is 13.8 Å². The molecule has 0 bridgehead atoms. The number of hydrogen-bond donors (Lipinski definition) is 1. The van der Waals surface area contributed by atoms with Crippen LogP contribution in [0.4, 0.5) is 4.79 Å². The van der Waals surface area contributed by atoms with E-state index in [4.69, 9.17) is 16.3 Å². The molecule has 24 heavy (non-hydrogen) atoms. The third-order valence-electron chi connectivity index (χ3n) is 2.87. The van der Waals surface area contributed by atoms with Crippen molar-refractivity contribution in [1.82, 2.24) is 4.90 Å². The molecular formula is C15H13BrClNO5S. The fourth-order valence-corrected chi connectivity index (χ4v) is 3.57. The summed E-state index contributed by atoms with van der Waals surface area (Å²) in [7, 11) is 0. The minimum absolute atomic E-state index is 0.0850. The Morgan fingerprint density at radius 3 is 2.75 bits per heavy atom. The molecule has 0 atom stereocenters. The van der Waals surface area contributed by atoms with Crippen molar-refractivity contribution in [1.29, 1.82) is 0 Å². The summed E-state index contributed by atoms with van der Waals surface area (Å²) in [5, 5.41) is 9.78. The van der Waals surface area contributed by atoms with Gasteiger partial charge in [0.25, 0.3) is 11.1 Å². The lowest BCUT2D eigenvalue weighted by Crippen LogP contribution is -2.35. The predicted molar refractivity (Wildman–Crippen MR) is 94.7 cm³/mol. The van der Waals surface area contributed by atoms with Crippen LogP contribution in [0.15, 0.2) is 21.5 Å². The van der Waals surface area contributed by atoms with E-state index in [1.165, 1.54) is 18.2 Å². The normalized spacial score (nSPS) is 16.4. The van der Waals surface area contributed by atoms with Gasteiger partial charge in [0, 0.05) is 10.6 Å². The van der Waals surface area contributed by atoms with Crippen molar-refractivity contribution < 1.29 is 24.2 Å². The van der Waals surface area contributed by atoms with Crippen LogP contribution in [0.25, 0.3) is 6.08 Å². The minimum atomic E-state index is -0.665. The summed E-state index contributed by atoms with van der Waals surface area (Å²) in [5.74, 6) is -1.39. The monoisotopic (exact) mass is 433 g/mol. The van der Waals surface area contributed by atoms with Crippen LogP contribution in [-0.4, -0.2) is 39.8 Å². The minimum Gasteiger partial charge on any atom is -0.506 e. The SMILES string of the molecule is CC(C)OC(=O)CN1C(=O)S/C(=C/c2cc(Cl)cc(Br)c2O)C1=O. The lowest BCUT2D eigenvalue weighted by Gasteiger charge is -2.13. The van der Waals surface area contributed by atoms with E-state index >= 15 is 0 Å². The number of nitrogens with zero attached hydrogens (tertiary/aromatic N) is 1. The van der Waals surface area contributed by atoms with E-state index in [-0.39, 0.29) is 22.3 Å². The molecule has 0 unspecified atom stereocenters. The number of phenolic OH excluding ortho intramolecular Hbond substituents is 1. The maximum atomic E-state index is 12.3. The van der Waals surface area contributed by atoms with E-state index in [1.807, 2.05) is 0 Å². The fraction of sp³-hybridized carbons (Fsp3) is 0.267. The molecule has 1 aromatic rings. The lowest BCUT2D eigenvalue weighted by atomic mass is 10.2. The summed E-state index contributed by atoms with van der Waals surface area (Å²) < 4.78 is 5.30. The van der Waals surface area contributed by atoms with Crippen molar-refractivity contribution >= 4 is 62.5 Å². The van der Waals surface area contributed by atoms with Crippen LogP contribution in [-0.2, 0) is 14.3 Å². The Kier molecular flexibility index (Phi) is 5.95. The Bertz CT molecular complexity index is 750. The second-order valence-electron chi connectivity index (χ2n) is 5.13. The Balaban J connectivity index is 2.24. The van der Waals surface area contributed by atoms with E-state index < -0.39 is 23.7 Å². The van der Waals surface area contributed by atoms with Crippen LogP contribution in [0.3, 0.4) is 0 Å². The maximum absolute atomic E-state index is 12.3. The average molecular weight is 435 g/mol. The highest BCUT2D eigenvalue weighted by molar-refractivity contribution is 9.10. The van der Waals surface area contributed by atoms with Gasteiger partial charge in [0.05, 0.1) is 15.5 Å². The number of amides is 2. The lowest BCUT2D eigenvalue weighted by molar-refractivity contribution is -0.149. The van der Waals surface area contributed by atoms with E-state index in [0.717, 1.165) is 4.90 Å². The largest absolute Gasteiger partial charge is 0.506 e. The number of rotatable bonds is 4. The highest BCUT2D eigenvalue weighted by atomic mass is 79.9. The molecule has 128 valence electrons. The molecule has 0 saturated carbocycles. The second kappa shape index (κ2) is 7.58. The summed E-state index contributed by atoms with van der Waals surface area (Å²) >= 11 is 9.74. The standard InChI is InChI=1S/C15H13BrClNO5S/c1-7(2)23-12(19)6-18-14(21)11(24-15(18)22)4-8-3-9(17)5-10(16)13(8)20/h3-5,7,20H,6H2,1-2H3/b11-4+. The van der Waals surface area contributed by atoms with Gasteiger partial charge in [0.2, 0.25) is 0 Å². The summed E-state index contributed by atoms with van der Waals surface area (Å²) in [6.07, 6.45) is 1.01. The number of benzene rings is 1. The Morgan fingerprint density at radius 2 is 2.12 bits per heavy atom. The molecule has 0 aromatic heterocycles. The summed E-state index contributed by atoms with van der Waals surface area (Å²) in [5.41, 5.74) is 0.282. The van der Waals surface area contributed by atoms with E-state index in [9.17, 15) is 19.5 Å². The Hall–Kier alpha value is -1.51. The van der Waals surface area contributed by atoms with Crippen molar-refractivity contribution in [2.24, 2.45) is 0 Å². The smallest absolute Gasteiger partial charge is 0.326 e. The Labute approximate surface area is 155 Å². The van der Waals surface area contributed by atoms with Crippen LogP contribution >= 0.6 is 39.3 Å². The molecule has 2 amide bonds. The second-order valence-corrected chi connectivity index (χ2v) is 7.42. The zero-order valence-corrected chi connectivity index (χ0v) is 15.9. The van der Waals surface area contributed by atoms with Gasteiger partial charge in [0.1, 0.15) is 12.3 Å². The number of ether oxygens (including phenoxy) is 1. The first kappa shape index (κ1) is 18.8. The highest BCUT2D eigenvalue weighted by Gasteiger charge is 2.37. The Morgan fingerprint density at radius 1 is 1.46 bits per heavy atom. The number of halogens is 2. The highest BCUT2D eigenvalue weighted by Crippen LogP contribution is 2.37. The molecule has 1 fully saturated rings. The van der Waals surface area contributed by atoms with E-state index in [2.05, 4.69) is 15.9 Å². The topological polar surface area (TPSA) is 83.9 Å². The van der Waals surface area contributed by atoms with Gasteiger partial charge in [-0.3, -0.25) is 19.3 Å². The average Bonchev–Trinajstić information content (AvgIpc) is 2.71. The first-order valence-electron chi connectivity index (χ1n) is 6.82. The molecule has 0 spiro atoms. The molecular weight excluding hydrogens is 422 g/mol. The molecule has 1 saturated heterocycles. The van der Waals surface area contributed by atoms with Crippen LogP contribution in [0.5, 0.6) is 5.75 Å². The van der Waals surface area contributed by atoms with Crippen molar-refractivity contribution in [3.8, 4) is 5.75 Å². The van der Waals surface area contributed by atoms with Gasteiger partial charge in [0.15, 0.2) is 0 Å². The fourth-order valence-electron chi connectivity index (χ4n) is 1.90. The molecule has 1 N–H and O–H groups in total. The molecule has 0 aliphatic carbocycles. The van der Waals surface area contributed by atoms with Gasteiger partial charge in [-0.2, -0.15) is 0 Å². The number of imide groups is 1. The molecule has 0 radical (unpaired) electrons. The molecule has 6 nitrogen and oxygen atoms in total. The first-order chi connectivity index (χ1) is 11.2. The third-order valence-corrected chi connectivity index (χ3v) is 4.60. The number of thioether (sulfide) groups is 1. The maximum Gasteiger partial charge on any atom is 0.326 e. The van der Waals surface area contributed by atoms with Crippen LogP contribution < -0.4 is 0 Å². The number of carbonyl (C=O) groups excluding carboxylic acids is 3. The number of carbonyl (C=O) groups is 3. The molecule has 1 heterocycles. The summed E-state index contributed by atoms with van der Waals surface area (Å²) in [4.78, 5) is 36.8. The predicted octanol–water partition coefficient (Wildman–Crippen LogP) is 3.80. The molecule has 1 aromatic carbocycles. The molecule has 2 rings (SSSR count). The third kappa shape index (κ3) is 4.31. The quantitative estimate of drug-likeness (QED) is 0.573. The van der Waals surface area contributed by atoms with Crippen molar-refractivity contribution in [2.75, 3.05) is 6.54 Å². The van der Waals surface area contributed by atoms with Gasteiger partial charge >= 0.3 is 5.97 Å². The zero-order chi connectivity index (χ0) is 18.0. The summed E-state index contributed by atoms with van der Waals surface area (Å²) in [6, 6.07) is 2.96. The van der Waals surface area contributed by atoms with Crippen LogP contribution in [0.2, 0.25) is 5.02 Å². The van der Waals surface area contributed by atoms with Gasteiger partial charge < -0.3 is 9.84 Å². The van der Waals surface area contributed by atoms with Gasteiger partial charge in [-0.05, 0) is 59.7 Å². The van der Waals surface area contributed by atoms with Crippen molar-refractivity contribution in [3.05, 3.63) is 32.1 Å². The van der Waals surface area contributed by atoms with Gasteiger partial charge in [-0.15, -0.1) is 0 Å². The number of aromatic hydroxyl groups is 1. The molecule has 9 heteroatoms. The van der Waals surface area contributed by atoms with Gasteiger partial charge in [-0.25, -0.2) is 0 Å². The zero-order valence-electron chi connectivity index (χ0n) is 12.7. The molecule has 1 aliphatic rings. The van der Waals surface area contributed by atoms with Crippen LogP contribution in [0, 0.1) is 0 Å².